The van der Waals surface area contributed by atoms with Gasteiger partial charge in [-0.3, -0.25) is 4.99 Å². The maximum Gasteiger partial charge on any atom is 0.184 e. The quantitative estimate of drug-likeness (QED) is 0.509. The molecule has 0 saturated heterocycles. The number of aromatic nitrogens is 1. The van der Waals surface area contributed by atoms with E-state index in [0.717, 1.165) is 29.3 Å². The predicted molar refractivity (Wildman–Crippen MR) is 106 cm³/mol. The number of rotatable bonds is 8. The van der Waals surface area contributed by atoms with Gasteiger partial charge in [-0.1, -0.05) is 64.3 Å². The van der Waals surface area contributed by atoms with Crippen molar-refractivity contribution >= 4 is 22.9 Å². The zero-order valence-electron chi connectivity index (χ0n) is 15.3. The van der Waals surface area contributed by atoms with Crippen molar-refractivity contribution in [3.63, 3.8) is 0 Å². The van der Waals surface area contributed by atoms with Crippen LogP contribution < -0.4 is 4.80 Å². The molecule has 1 heterocycles. The van der Waals surface area contributed by atoms with Crippen molar-refractivity contribution in [1.82, 2.24) is 4.57 Å². The standard InChI is InChI=1S/C20H29ClN2S/c1-5-7-13-22-19-23(14-8-6-2)18(15-24-19)20(3,4)16-9-11-17(21)12-10-16/h9-12,15H,5-8,13-14H2,1-4H3/b22-19+. The van der Waals surface area contributed by atoms with Gasteiger partial charge in [-0.05, 0) is 30.5 Å². The number of hydrogen-bond donors (Lipinski definition) is 0. The second kappa shape index (κ2) is 8.87. The lowest BCUT2D eigenvalue weighted by atomic mass is 9.82. The van der Waals surface area contributed by atoms with E-state index in [1.165, 1.54) is 30.5 Å². The number of benzene rings is 1. The maximum absolute atomic E-state index is 6.06. The number of hydrogen-bond acceptors (Lipinski definition) is 2. The molecule has 0 bridgehead atoms. The van der Waals surface area contributed by atoms with Gasteiger partial charge in [-0.15, -0.1) is 11.3 Å². The highest BCUT2D eigenvalue weighted by Gasteiger charge is 2.27. The Hall–Kier alpha value is -1.06. The highest BCUT2D eigenvalue weighted by Crippen LogP contribution is 2.32. The van der Waals surface area contributed by atoms with Crippen molar-refractivity contribution in [2.75, 3.05) is 6.54 Å². The lowest BCUT2D eigenvalue weighted by Crippen LogP contribution is -2.28. The molecule has 1 aromatic carbocycles. The Balaban J connectivity index is 2.43. The molecule has 0 unspecified atom stereocenters. The van der Waals surface area contributed by atoms with Crippen molar-refractivity contribution in [1.29, 1.82) is 0 Å². The molecule has 0 atom stereocenters. The van der Waals surface area contributed by atoms with Gasteiger partial charge in [0.2, 0.25) is 0 Å². The van der Waals surface area contributed by atoms with Crippen LogP contribution in [-0.2, 0) is 12.0 Å². The van der Waals surface area contributed by atoms with E-state index in [-0.39, 0.29) is 5.41 Å². The predicted octanol–water partition coefficient (Wildman–Crippen LogP) is 6.03. The third-order valence-corrected chi connectivity index (χ3v) is 5.65. The third kappa shape index (κ3) is 4.52. The molecular formula is C20H29ClN2S. The average molecular weight is 365 g/mol. The van der Waals surface area contributed by atoms with Crippen LogP contribution in [0.5, 0.6) is 0 Å². The molecule has 1 aromatic heterocycles. The van der Waals surface area contributed by atoms with Crippen LogP contribution in [0.4, 0.5) is 0 Å². The molecule has 2 rings (SSSR count). The Bertz CT molecular complexity index is 695. The summed E-state index contributed by atoms with van der Waals surface area (Å²) in [6, 6.07) is 8.23. The Morgan fingerprint density at radius 3 is 2.38 bits per heavy atom. The minimum absolute atomic E-state index is 0.0621. The van der Waals surface area contributed by atoms with Crippen molar-refractivity contribution in [2.45, 2.75) is 65.3 Å². The van der Waals surface area contributed by atoms with Crippen molar-refractivity contribution in [2.24, 2.45) is 4.99 Å². The molecule has 132 valence electrons. The summed E-state index contributed by atoms with van der Waals surface area (Å²) in [4.78, 5) is 6.01. The van der Waals surface area contributed by atoms with Gasteiger partial charge in [0.25, 0.3) is 0 Å². The summed E-state index contributed by atoms with van der Waals surface area (Å²) in [7, 11) is 0. The van der Waals surface area contributed by atoms with Gasteiger partial charge in [0.15, 0.2) is 4.80 Å². The Kier molecular flexibility index (Phi) is 7.12. The van der Waals surface area contributed by atoms with Crippen LogP contribution >= 0.6 is 22.9 Å². The van der Waals surface area contributed by atoms with E-state index in [0.29, 0.717) is 0 Å². The zero-order chi connectivity index (χ0) is 17.6. The second-order valence-electron chi connectivity index (χ2n) is 6.78. The monoisotopic (exact) mass is 364 g/mol. The molecule has 0 spiro atoms. The Labute approximate surface area is 155 Å². The maximum atomic E-state index is 6.06. The third-order valence-electron chi connectivity index (χ3n) is 4.50. The van der Waals surface area contributed by atoms with E-state index in [1.54, 1.807) is 11.3 Å². The average Bonchev–Trinajstić information content (AvgIpc) is 2.97. The van der Waals surface area contributed by atoms with E-state index >= 15 is 0 Å². The molecule has 0 saturated carbocycles. The highest BCUT2D eigenvalue weighted by molar-refractivity contribution is 7.07. The number of thiazole rings is 1. The topological polar surface area (TPSA) is 17.3 Å². The first-order valence-electron chi connectivity index (χ1n) is 8.96. The van der Waals surface area contributed by atoms with Gasteiger partial charge in [0, 0.05) is 34.6 Å². The zero-order valence-corrected chi connectivity index (χ0v) is 16.9. The van der Waals surface area contributed by atoms with Crippen LogP contribution in [0.15, 0.2) is 34.6 Å². The van der Waals surface area contributed by atoms with Gasteiger partial charge < -0.3 is 4.57 Å². The molecule has 2 nitrogen and oxygen atoms in total. The minimum Gasteiger partial charge on any atom is -0.320 e. The van der Waals surface area contributed by atoms with E-state index in [4.69, 9.17) is 16.6 Å². The van der Waals surface area contributed by atoms with E-state index in [1.807, 2.05) is 12.1 Å². The van der Waals surface area contributed by atoms with Crippen LogP contribution in [0.3, 0.4) is 0 Å². The number of unbranched alkanes of at least 4 members (excludes halogenated alkanes) is 2. The van der Waals surface area contributed by atoms with Gasteiger partial charge in [-0.25, -0.2) is 0 Å². The first-order valence-corrected chi connectivity index (χ1v) is 10.2. The molecule has 0 radical (unpaired) electrons. The summed E-state index contributed by atoms with van der Waals surface area (Å²) in [6.07, 6.45) is 4.72. The van der Waals surface area contributed by atoms with Gasteiger partial charge in [0.05, 0.1) is 0 Å². The molecule has 0 aliphatic rings. The second-order valence-corrected chi connectivity index (χ2v) is 8.05. The summed E-state index contributed by atoms with van der Waals surface area (Å²) in [6.45, 7) is 11.0. The van der Waals surface area contributed by atoms with Crippen LogP contribution in [0.1, 0.15) is 64.6 Å². The largest absolute Gasteiger partial charge is 0.320 e. The van der Waals surface area contributed by atoms with E-state index in [9.17, 15) is 0 Å². The summed E-state index contributed by atoms with van der Waals surface area (Å²) < 4.78 is 2.43. The van der Waals surface area contributed by atoms with Crippen LogP contribution in [0.2, 0.25) is 5.02 Å². The van der Waals surface area contributed by atoms with Gasteiger partial charge >= 0.3 is 0 Å². The fourth-order valence-corrected chi connectivity index (χ4v) is 4.07. The lowest BCUT2D eigenvalue weighted by molar-refractivity contribution is 0.519. The Morgan fingerprint density at radius 2 is 1.75 bits per heavy atom. The van der Waals surface area contributed by atoms with Crippen LogP contribution in [0.25, 0.3) is 0 Å². The minimum atomic E-state index is -0.0621. The van der Waals surface area contributed by atoms with Crippen LogP contribution in [-0.4, -0.2) is 11.1 Å². The molecule has 0 N–H and O–H groups in total. The molecular weight excluding hydrogens is 336 g/mol. The summed E-state index contributed by atoms with van der Waals surface area (Å²) in [5, 5.41) is 3.07. The molecule has 0 aliphatic carbocycles. The van der Waals surface area contributed by atoms with Crippen LogP contribution in [0, 0.1) is 0 Å². The molecule has 0 amide bonds. The summed E-state index contributed by atoms with van der Waals surface area (Å²) in [5.41, 5.74) is 2.57. The van der Waals surface area contributed by atoms with Crippen molar-refractivity contribution < 1.29 is 0 Å². The molecule has 2 aromatic rings. The molecule has 4 heteroatoms. The van der Waals surface area contributed by atoms with E-state index < -0.39 is 0 Å². The Morgan fingerprint density at radius 1 is 1.08 bits per heavy atom. The van der Waals surface area contributed by atoms with Crippen molar-refractivity contribution in [3.05, 3.63) is 50.7 Å². The van der Waals surface area contributed by atoms with E-state index in [2.05, 4.69) is 49.8 Å². The first-order chi connectivity index (χ1) is 11.5. The normalized spacial score (nSPS) is 12.8. The molecule has 0 fully saturated rings. The molecule has 0 aliphatic heterocycles. The van der Waals surface area contributed by atoms with Gasteiger partial charge in [0.1, 0.15) is 0 Å². The first kappa shape index (κ1) is 19.3. The van der Waals surface area contributed by atoms with Gasteiger partial charge in [-0.2, -0.15) is 0 Å². The fraction of sp³-hybridized carbons (Fsp3) is 0.550. The summed E-state index contributed by atoms with van der Waals surface area (Å²) in [5.74, 6) is 0. The highest BCUT2D eigenvalue weighted by atomic mass is 35.5. The fourth-order valence-electron chi connectivity index (χ4n) is 2.83. The lowest BCUT2D eigenvalue weighted by Gasteiger charge is -2.27. The SMILES string of the molecule is CCCC/N=c1/scc(C(C)(C)c2ccc(Cl)cc2)n1CCCC. The number of halogens is 1. The molecule has 24 heavy (non-hydrogen) atoms. The number of nitrogens with zero attached hydrogens (tertiary/aromatic N) is 2. The van der Waals surface area contributed by atoms with Crippen molar-refractivity contribution in [3.8, 4) is 0 Å². The smallest absolute Gasteiger partial charge is 0.184 e. The summed E-state index contributed by atoms with van der Waals surface area (Å²) >= 11 is 7.84.